The Morgan fingerprint density at radius 1 is 1.00 bits per heavy atom. The molecule has 0 saturated heterocycles. The van der Waals surface area contributed by atoms with Crippen LogP contribution in [-0.2, 0) is 0 Å². The quantitative estimate of drug-likeness (QED) is 0.607. The Kier molecular flexibility index (Phi) is 4.60. The molecule has 1 fully saturated rings. The third-order valence-corrected chi connectivity index (χ3v) is 2.79. The van der Waals surface area contributed by atoms with Gasteiger partial charge in [0.05, 0.1) is 0 Å². The van der Waals surface area contributed by atoms with Crippen LogP contribution in [0.3, 0.4) is 0 Å². The van der Waals surface area contributed by atoms with Gasteiger partial charge in [0.25, 0.3) is 0 Å². The molecular formula is C10H21N. The van der Waals surface area contributed by atoms with Crippen LogP contribution in [-0.4, -0.2) is 6.54 Å². The van der Waals surface area contributed by atoms with E-state index >= 15 is 0 Å². The van der Waals surface area contributed by atoms with Crippen LogP contribution in [0.15, 0.2) is 0 Å². The maximum Gasteiger partial charge on any atom is -0.00773 e. The van der Waals surface area contributed by atoms with E-state index in [-0.39, 0.29) is 0 Å². The minimum Gasteiger partial charge on any atom is -0.330 e. The maximum absolute atomic E-state index is 5.42. The Balaban J connectivity index is 1.86. The lowest BCUT2D eigenvalue weighted by Gasteiger charge is -2.06. The van der Waals surface area contributed by atoms with E-state index in [0.29, 0.717) is 0 Å². The highest BCUT2D eigenvalue weighted by Crippen LogP contribution is 2.28. The van der Waals surface area contributed by atoms with E-state index in [0.717, 1.165) is 12.5 Å². The molecule has 1 heteroatoms. The molecule has 0 bridgehead atoms. The molecule has 1 rings (SSSR count). The zero-order chi connectivity index (χ0) is 7.94. The van der Waals surface area contributed by atoms with E-state index in [1.165, 1.54) is 51.4 Å². The van der Waals surface area contributed by atoms with Gasteiger partial charge in [0, 0.05) is 0 Å². The maximum atomic E-state index is 5.42. The first kappa shape index (κ1) is 9.05. The van der Waals surface area contributed by atoms with Crippen LogP contribution < -0.4 is 5.73 Å². The van der Waals surface area contributed by atoms with Gasteiger partial charge in [-0.3, -0.25) is 0 Å². The summed E-state index contributed by atoms with van der Waals surface area (Å²) in [6.07, 6.45) is 11.5. The molecule has 0 aromatic heterocycles. The summed E-state index contributed by atoms with van der Waals surface area (Å²) in [6.45, 7) is 0.880. The molecule has 0 aliphatic heterocycles. The first-order valence-electron chi connectivity index (χ1n) is 5.13. The number of hydrogen-bond donors (Lipinski definition) is 1. The van der Waals surface area contributed by atoms with E-state index in [1.807, 2.05) is 0 Å². The molecule has 0 aromatic carbocycles. The summed E-state index contributed by atoms with van der Waals surface area (Å²) in [5.74, 6) is 1.08. The minimum atomic E-state index is 0.880. The first-order valence-corrected chi connectivity index (χ1v) is 5.13. The van der Waals surface area contributed by atoms with Crippen molar-refractivity contribution in [3.05, 3.63) is 0 Å². The van der Waals surface area contributed by atoms with Crippen molar-refractivity contribution in [1.29, 1.82) is 0 Å². The van der Waals surface area contributed by atoms with E-state index in [4.69, 9.17) is 5.73 Å². The molecule has 0 unspecified atom stereocenters. The average molecular weight is 155 g/mol. The van der Waals surface area contributed by atoms with E-state index < -0.39 is 0 Å². The number of rotatable bonds is 5. The van der Waals surface area contributed by atoms with Crippen LogP contribution in [0.4, 0.5) is 0 Å². The molecule has 66 valence electrons. The molecule has 0 radical (unpaired) electrons. The Labute approximate surface area is 70.4 Å². The molecule has 1 aliphatic carbocycles. The standard InChI is InChI=1S/C10H21N/c11-9-5-1-2-6-10-7-3-4-8-10/h10H,1-9,11H2. The fourth-order valence-electron chi connectivity index (χ4n) is 2.05. The summed E-state index contributed by atoms with van der Waals surface area (Å²) in [5, 5.41) is 0. The largest absolute Gasteiger partial charge is 0.330 e. The minimum absolute atomic E-state index is 0.880. The highest BCUT2D eigenvalue weighted by molar-refractivity contribution is 4.66. The van der Waals surface area contributed by atoms with Crippen molar-refractivity contribution in [1.82, 2.24) is 0 Å². The third kappa shape index (κ3) is 3.76. The van der Waals surface area contributed by atoms with E-state index in [1.54, 1.807) is 0 Å². The lowest BCUT2D eigenvalue weighted by atomic mass is 10.00. The monoisotopic (exact) mass is 155 g/mol. The van der Waals surface area contributed by atoms with Gasteiger partial charge in [-0.25, -0.2) is 0 Å². The van der Waals surface area contributed by atoms with Crippen molar-refractivity contribution in [2.24, 2.45) is 11.7 Å². The highest BCUT2D eigenvalue weighted by atomic mass is 14.5. The van der Waals surface area contributed by atoms with Crippen LogP contribution in [0.25, 0.3) is 0 Å². The summed E-state index contributed by atoms with van der Waals surface area (Å²) in [4.78, 5) is 0. The number of hydrogen-bond acceptors (Lipinski definition) is 1. The molecule has 0 amide bonds. The molecule has 0 aromatic rings. The van der Waals surface area contributed by atoms with Gasteiger partial charge in [-0.2, -0.15) is 0 Å². The summed E-state index contributed by atoms with van der Waals surface area (Å²) >= 11 is 0. The zero-order valence-corrected chi connectivity index (χ0v) is 7.52. The summed E-state index contributed by atoms with van der Waals surface area (Å²) < 4.78 is 0. The molecule has 0 atom stereocenters. The van der Waals surface area contributed by atoms with Gasteiger partial charge in [-0.1, -0.05) is 44.9 Å². The highest BCUT2D eigenvalue weighted by Gasteiger charge is 2.13. The Bertz CT molecular complexity index is 84.9. The molecule has 0 heterocycles. The lowest BCUT2D eigenvalue weighted by Crippen LogP contribution is -1.99. The fraction of sp³-hybridized carbons (Fsp3) is 1.00. The van der Waals surface area contributed by atoms with Crippen LogP contribution in [0, 0.1) is 5.92 Å². The van der Waals surface area contributed by atoms with Gasteiger partial charge in [-0.15, -0.1) is 0 Å². The molecule has 1 aliphatic rings. The number of nitrogens with two attached hydrogens (primary N) is 1. The van der Waals surface area contributed by atoms with Gasteiger partial charge >= 0.3 is 0 Å². The predicted octanol–water partition coefficient (Wildman–Crippen LogP) is 2.70. The zero-order valence-electron chi connectivity index (χ0n) is 7.52. The summed E-state index contributed by atoms with van der Waals surface area (Å²) in [6, 6.07) is 0. The van der Waals surface area contributed by atoms with Crippen molar-refractivity contribution in [3.63, 3.8) is 0 Å². The molecule has 2 N–H and O–H groups in total. The van der Waals surface area contributed by atoms with Gasteiger partial charge in [-0.05, 0) is 18.9 Å². The first-order chi connectivity index (χ1) is 5.43. The average Bonchev–Trinajstić information content (AvgIpc) is 2.50. The van der Waals surface area contributed by atoms with Crippen molar-refractivity contribution in [3.8, 4) is 0 Å². The van der Waals surface area contributed by atoms with Gasteiger partial charge in [0.15, 0.2) is 0 Å². The van der Waals surface area contributed by atoms with Crippen molar-refractivity contribution in [2.45, 2.75) is 51.4 Å². The Hall–Kier alpha value is -0.0400. The predicted molar refractivity (Wildman–Crippen MR) is 49.5 cm³/mol. The number of unbranched alkanes of at least 4 members (excludes halogenated alkanes) is 2. The van der Waals surface area contributed by atoms with Crippen LogP contribution in [0.5, 0.6) is 0 Å². The second-order valence-electron chi connectivity index (χ2n) is 3.79. The molecule has 11 heavy (non-hydrogen) atoms. The molecule has 0 spiro atoms. The summed E-state index contributed by atoms with van der Waals surface area (Å²) in [7, 11) is 0. The van der Waals surface area contributed by atoms with Crippen molar-refractivity contribution in [2.75, 3.05) is 6.54 Å². The van der Waals surface area contributed by atoms with Gasteiger partial charge in [0.2, 0.25) is 0 Å². The normalized spacial score (nSPS) is 19.4. The Morgan fingerprint density at radius 2 is 1.73 bits per heavy atom. The van der Waals surface area contributed by atoms with Gasteiger partial charge in [0.1, 0.15) is 0 Å². The molecule has 1 saturated carbocycles. The smallest absolute Gasteiger partial charge is 0.00773 e. The third-order valence-electron chi connectivity index (χ3n) is 2.79. The van der Waals surface area contributed by atoms with Crippen LogP contribution in [0.2, 0.25) is 0 Å². The SMILES string of the molecule is NCCCCCC1CCCC1. The molecule has 1 nitrogen and oxygen atoms in total. The fourth-order valence-corrected chi connectivity index (χ4v) is 2.05. The van der Waals surface area contributed by atoms with Gasteiger partial charge < -0.3 is 5.73 Å². The van der Waals surface area contributed by atoms with E-state index in [9.17, 15) is 0 Å². The van der Waals surface area contributed by atoms with Crippen LogP contribution in [0.1, 0.15) is 51.4 Å². The second-order valence-corrected chi connectivity index (χ2v) is 3.79. The topological polar surface area (TPSA) is 26.0 Å². The van der Waals surface area contributed by atoms with Crippen LogP contribution >= 0.6 is 0 Å². The van der Waals surface area contributed by atoms with Crippen molar-refractivity contribution >= 4 is 0 Å². The second kappa shape index (κ2) is 5.59. The molecular weight excluding hydrogens is 134 g/mol. The summed E-state index contributed by atoms with van der Waals surface area (Å²) in [5.41, 5.74) is 5.42. The lowest BCUT2D eigenvalue weighted by molar-refractivity contribution is 0.469. The van der Waals surface area contributed by atoms with E-state index in [2.05, 4.69) is 0 Å². The van der Waals surface area contributed by atoms with Crippen molar-refractivity contribution < 1.29 is 0 Å². The Morgan fingerprint density at radius 3 is 2.36 bits per heavy atom.